The highest BCUT2D eigenvalue weighted by atomic mass is 35.5. The molecule has 0 fully saturated rings. The van der Waals surface area contributed by atoms with E-state index in [1.165, 1.54) is 23.0 Å². The molecule has 1 aliphatic heterocycles. The van der Waals surface area contributed by atoms with Crippen molar-refractivity contribution in [2.75, 3.05) is 7.11 Å². The van der Waals surface area contributed by atoms with Gasteiger partial charge in [-0.3, -0.25) is 9.36 Å². The summed E-state index contributed by atoms with van der Waals surface area (Å²) in [5.74, 6) is 0.0279. The van der Waals surface area contributed by atoms with Crippen LogP contribution in [0, 0.1) is 0 Å². The van der Waals surface area contributed by atoms with E-state index in [1.54, 1.807) is 49.4 Å². The van der Waals surface area contributed by atoms with Gasteiger partial charge in [-0.1, -0.05) is 82.5 Å². The quantitative estimate of drug-likeness (QED) is 0.257. The standard InChI is InChI=1S/C29H21Cl3N2O4S/c1-16-25(28(36)37-2)26(17-7-10-20(30)11-8-17)34-27(35)24(39-29(34)33-16)13-18-5-3-4-6-23(18)38-15-19-9-12-21(31)14-22(19)32/h3-14,26H,15H2,1-2H3/b24-13-/t26-/m0/s1. The molecule has 2 heterocycles. The maximum absolute atomic E-state index is 13.8. The minimum atomic E-state index is -0.716. The average Bonchev–Trinajstić information content (AvgIpc) is 3.22. The molecule has 198 valence electrons. The molecule has 0 N–H and O–H groups in total. The summed E-state index contributed by atoms with van der Waals surface area (Å²) in [5, 5.41) is 1.59. The van der Waals surface area contributed by atoms with E-state index < -0.39 is 12.0 Å². The number of esters is 1. The molecular weight excluding hydrogens is 579 g/mol. The lowest BCUT2D eigenvalue weighted by Gasteiger charge is -2.24. The Hall–Kier alpha value is -3.36. The van der Waals surface area contributed by atoms with Crippen LogP contribution in [-0.4, -0.2) is 17.6 Å². The zero-order valence-electron chi connectivity index (χ0n) is 20.8. The van der Waals surface area contributed by atoms with Crippen LogP contribution in [0.5, 0.6) is 5.75 Å². The average molecular weight is 600 g/mol. The van der Waals surface area contributed by atoms with Gasteiger partial charge in [0.2, 0.25) is 0 Å². The Morgan fingerprint density at radius 1 is 1.05 bits per heavy atom. The summed E-state index contributed by atoms with van der Waals surface area (Å²) in [6, 6.07) is 18.9. The van der Waals surface area contributed by atoms with Crippen LogP contribution in [0.15, 0.2) is 87.8 Å². The zero-order chi connectivity index (χ0) is 27.7. The van der Waals surface area contributed by atoms with Gasteiger partial charge in [0, 0.05) is 26.2 Å². The van der Waals surface area contributed by atoms with Gasteiger partial charge in [0.1, 0.15) is 12.4 Å². The molecule has 1 aromatic heterocycles. The number of aromatic nitrogens is 1. The number of methoxy groups -OCH3 is 1. The number of allylic oxidation sites excluding steroid dienone is 1. The summed E-state index contributed by atoms with van der Waals surface area (Å²) in [7, 11) is 1.31. The predicted octanol–water partition coefficient (Wildman–Crippen LogP) is 5.95. The molecular formula is C29H21Cl3N2O4S. The normalized spacial score (nSPS) is 15.1. The van der Waals surface area contributed by atoms with Gasteiger partial charge < -0.3 is 9.47 Å². The van der Waals surface area contributed by atoms with Crippen molar-refractivity contribution in [2.24, 2.45) is 4.99 Å². The molecule has 0 saturated heterocycles. The summed E-state index contributed by atoms with van der Waals surface area (Å²) in [6.45, 7) is 1.96. The smallest absolute Gasteiger partial charge is 0.338 e. The van der Waals surface area contributed by atoms with E-state index in [0.29, 0.717) is 52.5 Å². The van der Waals surface area contributed by atoms with E-state index in [4.69, 9.17) is 44.3 Å². The van der Waals surface area contributed by atoms with E-state index in [2.05, 4.69) is 4.99 Å². The number of halogens is 3. The first-order valence-electron chi connectivity index (χ1n) is 11.8. The topological polar surface area (TPSA) is 69.9 Å². The number of hydrogen-bond acceptors (Lipinski definition) is 6. The molecule has 0 bridgehead atoms. The number of ether oxygens (including phenoxy) is 2. The maximum Gasteiger partial charge on any atom is 0.338 e. The molecule has 4 aromatic rings. The van der Waals surface area contributed by atoms with Crippen LogP contribution in [0.1, 0.15) is 29.7 Å². The van der Waals surface area contributed by atoms with Crippen LogP contribution >= 0.6 is 46.1 Å². The van der Waals surface area contributed by atoms with Gasteiger partial charge >= 0.3 is 5.97 Å². The molecule has 0 aliphatic carbocycles. The van der Waals surface area contributed by atoms with Crippen LogP contribution in [0.2, 0.25) is 15.1 Å². The van der Waals surface area contributed by atoms with Gasteiger partial charge in [-0.2, -0.15) is 0 Å². The lowest BCUT2D eigenvalue weighted by molar-refractivity contribution is -0.136. The molecule has 0 spiro atoms. The number of fused-ring (bicyclic) bond motifs is 1. The van der Waals surface area contributed by atoms with Crippen LogP contribution in [0.3, 0.4) is 0 Å². The largest absolute Gasteiger partial charge is 0.488 e. The minimum absolute atomic E-state index is 0.223. The molecule has 0 radical (unpaired) electrons. The van der Waals surface area contributed by atoms with Crippen LogP contribution in [0.4, 0.5) is 0 Å². The predicted molar refractivity (Wildman–Crippen MR) is 154 cm³/mol. The molecule has 1 atom stereocenters. The fourth-order valence-corrected chi connectivity index (χ4v) is 5.95. The molecule has 39 heavy (non-hydrogen) atoms. The maximum atomic E-state index is 13.8. The van der Waals surface area contributed by atoms with Crippen molar-refractivity contribution in [2.45, 2.75) is 19.6 Å². The van der Waals surface area contributed by atoms with Gasteiger partial charge in [-0.15, -0.1) is 0 Å². The summed E-state index contributed by atoms with van der Waals surface area (Å²) in [4.78, 5) is 31.7. The van der Waals surface area contributed by atoms with Gasteiger partial charge in [-0.05, 0) is 48.9 Å². The molecule has 10 heteroatoms. The van der Waals surface area contributed by atoms with Crippen LogP contribution in [0.25, 0.3) is 6.08 Å². The monoisotopic (exact) mass is 598 g/mol. The van der Waals surface area contributed by atoms with E-state index >= 15 is 0 Å². The first-order valence-corrected chi connectivity index (χ1v) is 13.7. The van der Waals surface area contributed by atoms with Gasteiger partial charge in [0.15, 0.2) is 4.80 Å². The second-order valence-corrected chi connectivity index (χ2v) is 11.0. The summed E-state index contributed by atoms with van der Waals surface area (Å²) >= 11 is 19.7. The highest BCUT2D eigenvalue weighted by Crippen LogP contribution is 2.31. The van der Waals surface area contributed by atoms with Crippen molar-refractivity contribution in [1.29, 1.82) is 0 Å². The molecule has 0 saturated carbocycles. The summed E-state index contributed by atoms with van der Waals surface area (Å²) in [5.41, 5.74) is 2.69. The number of para-hydroxylation sites is 1. The second-order valence-electron chi connectivity index (χ2n) is 8.69. The Morgan fingerprint density at radius 3 is 2.49 bits per heavy atom. The van der Waals surface area contributed by atoms with Crippen LogP contribution < -0.4 is 19.6 Å². The third-order valence-electron chi connectivity index (χ3n) is 6.22. The number of carbonyl (C=O) groups is 1. The van der Waals surface area contributed by atoms with Gasteiger partial charge in [0.05, 0.1) is 29.0 Å². The van der Waals surface area contributed by atoms with Crippen molar-refractivity contribution in [1.82, 2.24) is 4.57 Å². The molecule has 3 aromatic carbocycles. The van der Waals surface area contributed by atoms with Crippen molar-refractivity contribution in [3.63, 3.8) is 0 Å². The van der Waals surface area contributed by atoms with Gasteiger partial charge in [0.25, 0.3) is 5.56 Å². The van der Waals surface area contributed by atoms with Crippen molar-refractivity contribution in [3.05, 3.63) is 129 Å². The highest BCUT2D eigenvalue weighted by molar-refractivity contribution is 7.07. The first kappa shape index (κ1) is 27.2. The Labute approximate surface area is 243 Å². The second kappa shape index (κ2) is 11.4. The first-order chi connectivity index (χ1) is 18.8. The van der Waals surface area contributed by atoms with Crippen molar-refractivity contribution >= 4 is 58.2 Å². The number of hydrogen-bond donors (Lipinski definition) is 0. The zero-order valence-corrected chi connectivity index (χ0v) is 23.9. The van der Waals surface area contributed by atoms with Crippen molar-refractivity contribution in [3.8, 4) is 5.75 Å². The lowest BCUT2D eigenvalue weighted by Crippen LogP contribution is -2.39. The Morgan fingerprint density at radius 2 is 1.77 bits per heavy atom. The SMILES string of the molecule is COC(=O)C1=C(C)N=c2s/c(=C\c3ccccc3OCc3ccc(Cl)cc3Cl)c(=O)n2[C@H]1c1ccc(Cl)cc1. The Bertz CT molecular complexity index is 1790. The van der Waals surface area contributed by atoms with E-state index in [-0.39, 0.29) is 12.2 Å². The Balaban J connectivity index is 1.59. The molecule has 0 unspecified atom stereocenters. The number of rotatable bonds is 6. The number of nitrogens with zero attached hydrogens (tertiary/aromatic N) is 2. The van der Waals surface area contributed by atoms with E-state index in [1.807, 2.05) is 30.3 Å². The third-order valence-corrected chi connectivity index (χ3v) is 8.04. The van der Waals surface area contributed by atoms with E-state index in [0.717, 1.165) is 5.56 Å². The minimum Gasteiger partial charge on any atom is -0.488 e. The number of benzene rings is 3. The molecule has 5 rings (SSSR count). The van der Waals surface area contributed by atoms with E-state index in [9.17, 15) is 9.59 Å². The highest BCUT2D eigenvalue weighted by Gasteiger charge is 2.33. The van der Waals surface area contributed by atoms with Gasteiger partial charge in [-0.25, -0.2) is 9.79 Å². The summed E-state index contributed by atoms with van der Waals surface area (Å²) < 4.78 is 13.1. The number of carbonyl (C=O) groups excluding carboxylic acids is 1. The fourth-order valence-electron chi connectivity index (χ4n) is 4.32. The van der Waals surface area contributed by atoms with Crippen LogP contribution in [-0.2, 0) is 16.1 Å². The fraction of sp³-hybridized carbons (Fsp3) is 0.138. The molecule has 6 nitrogen and oxygen atoms in total. The van der Waals surface area contributed by atoms with Crippen molar-refractivity contribution < 1.29 is 14.3 Å². The lowest BCUT2D eigenvalue weighted by atomic mass is 9.96. The third kappa shape index (κ3) is 5.54. The number of thiazole rings is 1. The molecule has 0 amide bonds. The molecule has 1 aliphatic rings. The Kier molecular flexibility index (Phi) is 7.96. The summed E-state index contributed by atoms with van der Waals surface area (Å²) in [6.07, 6.45) is 1.76.